The molecule has 0 aliphatic carbocycles. The van der Waals surface area contributed by atoms with Crippen LogP contribution in [-0.4, -0.2) is 22.4 Å². The summed E-state index contributed by atoms with van der Waals surface area (Å²) < 4.78 is 10.3. The van der Waals surface area contributed by atoms with Crippen LogP contribution in [0.5, 0.6) is 11.5 Å². The molecule has 6 heteroatoms. The Morgan fingerprint density at radius 3 is 2.89 bits per heavy atom. The van der Waals surface area contributed by atoms with E-state index >= 15 is 0 Å². The van der Waals surface area contributed by atoms with Crippen LogP contribution in [0.3, 0.4) is 0 Å². The molecule has 3 rings (SSSR count). The average molecular weight is 274 g/mol. The number of rotatable bonds is 3. The van der Waals surface area contributed by atoms with Gasteiger partial charge < -0.3 is 14.4 Å². The van der Waals surface area contributed by atoms with Gasteiger partial charge in [-0.15, -0.1) is 0 Å². The molecule has 3 aromatic rings. The predicted octanol–water partition coefficient (Wildman–Crippen LogP) is 3.18. The van der Waals surface area contributed by atoms with Gasteiger partial charge in [0, 0.05) is 16.5 Å². The number of phenolic OH excluding ortho intramolecular Hbond substituents is 1. The van der Waals surface area contributed by atoms with Crippen LogP contribution in [0.4, 0.5) is 0 Å². The Kier molecular flexibility index (Phi) is 2.92. The van der Waals surface area contributed by atoms with Gasteiger partial charge in [-0.2, -0.15) is 16.3 Å². The van der Waals surface area contributed by atoms with Crippen LogP contribution in [-0.2, 0) is 0 Å². The topological polar surface area (TPSA) is 68.4 Å². The molecule has 1 aromatic carbocycles. The highest BCUT2D eigenvalue weighted by atomic mass is 32.1. The number of ether oxygens (including phenoxy) is 1. The first-order chi connectivity index (χ1) is 9.28. The molecule has 0 radical (unpaired) electrons. The molecule has 1 N–H and O–H groups in total. The van der Waals surface area contributed by atoms with Crippen molar-refractivity contribution in [1.82, 2.24) is 10.1 Å². The molecule has 5 nitrogen and oxygen atoms in total. The maximum absolute atomic E-state index is 9.55. The Morgan fingerprint density at radius 1 is 1.26 bits per heavy atom. The SMILES string of the molecule is COc1cc(-c2nc(-c3ccsc3)no2)ccc1O. The summed E-state index contributed by atoms with van der Waals surface area (Å²) in [4.78, 5) is 4.32. The number of aromatic hydroxyl groups is 1. The summed E-state index contributed by atoms with van der Waals surface area (Å²) in [5.74, 6) is 1.37. The third-order valence-electron chi connectivity index (χ3n) is 2.63. The zero-order chi connectivity index (χ0) is 13.2. The fourth-order valence-electron chi connectivity index (χ4n) is 1.66. The van der Waals surface area contributed by atoms with Crippen molar-refractivity contribution in [3.8, 4) is 34.3 Å². The van der Waals surface area contributed by atoms with E-state index in [-0.39, 0.29) is 5.75 Å². The number of phenols is 1. The van der Waals surface area contributed by atoms with E-state index in [1.165, 1.54) is 13.2 Å². The van der Waals surface area contributed by atoms with Gasteiger partial charge >= 0.3 is 0 Å². The van der Waals surface area contributed by atoms with Crippen molar-refractivity contribution in [3.05, 3.63) is 35.0 Å². The normalized spacial score (nSPS) is 10.6. The van der Waals surface area contributed by atoms with E-state index in [9.17, 15) is 5.11 Å². The fraction of sp³-hybridized carbons (Fsp3) is 0.0769. The van der Waals surface area contributed by atoms with Crippen molar-refractivity contribution >= 4 is 11.3 Å². The zero-order valence-corrected chi connectivity index (χ0v) is 10.8. The summed E-state index contributed by atoms with van der Waals surface area (Å²) in [6.45, 7) is 0. The molecule has 19 heavy (non-hydrogen) atoms. The molecule has 0 spiro atoms. The fourth-order valence-corrected chi connectivity index (χ4v) is 2.29. The molecule has 2 aromatic heterocycles. The van der Waals surface area contributed by atoms with Gasteiger partial charge in [0.15, 0.2) is 11.5 Å². The monoisotopic (exact) mass is 274 g/mol. The number of aromatic nitrogens is 2. The molecule has 0 fully saturated rings. The van der Waals surface area contributed by atoms with E-state index in [1.54, 1.807) is 23.5 Å². The maximum atomic E-state index is 9.55. The highest BCUT2D eigenvalue weighted by Crippen LogP contribution is 2.31. The van der Waals surface area contributed by atoms with Crippen molar-refractivity contribution in [1.29, 1.82) is 0 Å². The standard InChI is InChI=1S/C13H10N2O3S/c1-17-11-6-8(2-3-10(11)16)13-14-12(15-18-13)9-4-5-19-7-9/h2-7,16H,1H3. The van der Waals surface area contributed by atoms with Gasteiger partial charge in [0.1, 0.15) is 0 Å². The van der Waals surface area contributed by atoms with Gasteiger partial charge in [-0.1, -0.05) is 5.16 Å². The van der Waals surface area contributed by atoms with Crippen molar-refractivity contribution in [2.75, 3.05) is 7.11 Å². The minimum absolute atomic E-state index is 0.0730. The van der Waals surface area contributed by atoms with Gasteiger partial charge in [-0.05, 0) is 29.6 Å². The molecule has 0 saturated carbocycles. The molecule has 0 bridgehead atoms. The molecule has 0 saturated heterocycles. The van der Waals surface area contributed by atoms with Crippen LogP contribution in [0.1, 0.15) is 0 Å². The Balaban J connectivity index is 1.99. The van der Waals surface area contributed by atoms with Gasteiger partial charge in [-0.3, -0.25) is 0 Å². The molecule has 0 amide bonds. The molecule has 0 unspecified atom stereocenters. The number of nitrogens with zero attached hydrogens (tertiary/aromatic N) is 2. The second-order valence-electron chi connectivity index (χ2n) is 3.82. The first-order valence-corrected chi connectivity index (χ1v) is 6.46. The average Bonchev–Trinajstić information content (AvgIpc) is 3.10. The van der Waals surface area contributed by atoms with Crippen LogP contribution in [0.2, 0.25) is 0 Å². The van der Waals surface area contributed by atoms with Crippen molar-refractivity contribution in [2.24, 2.45) is 0 Å². The summed E-state index contributed by atoms with van der Waals surface area (Å²) in [6, 6.07) is 6.81. The van der Waals surface area contributed by atoms with Crippen molar-refractivity contribution in [2.45, 2.75) is 0 Å². The van der Waals surface area contributed by atoms with E-state index in [0.29, 0.717) is 23.0 Å². The summed E-state index contributed by atoms with van der Waals surface area (Å²) in [5, 5.41) is 17.4. The van der Waals surface area contributed by atoms with Gasteiger partial charge in [0.25, 0.3) is 5.89 Å². The van der Waals surface area contributed by atoms with E-state index < -0.39 is 0 Å². The Hall–Kier alpha value is -2.34. The Bertz CT molecular complexity index is 692. The van der Waals surface area contributed by atoms with Crippen molar-refractivity contribution < 1.29 is 14.4 Å². The van der Waals surface area contributed by atoms with Crippen LogP contribution >= 0.6 is 11.3 Å². The number of methoxy groups -OCH3 is 1. The lowest BCUT2D eigenvalue weighted by molar-refractivity contribution is 0.373. The minimum Gasteiger partial charge on any atom is -0.504 e. The Morgan fingerprint density at radius 2 is 2.16 bits per heavy atom. The lowest BCUT2D eigenvalue weighted by atomic mass is 10.2. The van der Waals surface area contributed by atoms with Gasteiger partial charge in [-0.25, -0.2) is 0 Å². The van der Waals surface area contributed by atoms with E-state index in [4.69, 9.17) is 9.26 Å². The molecular weight excluding hydrogens is 264 g/mol. The molecule has 2 heterocycles. The van der Waals surface area contributed by atoms with Crippen LogP contribution in [0, 0.1) is 0 Å². The number of benzene rings is 1. The molecule has 0 aliphatic rings. The second kappa shape index (κ2) is 4.74. The van der Waals surface area contributed by atoms with Gasteiger partial charge in [0.2, 0.25) is 5.82 Å². The summed E-state index contributed by atoms with van der Waals surface area (Å²) in [5.41, 5.74) is 1.62. The van der Waals surface area contributed by atoms with E-state index in [0.717, 1.165) is 5.56 Å². The minimum atomic E-state index is 0.0730. The Labute approximate surface area is 113 Å². The lowest BCUT2D eigenvalue weighted by Crippen LogP contribution is -1.85. The van der Waals surface area contributed by atoms with Crippen molar-refractivity contribution in [3.63, 3.8) is 0 Å². The van der Waals surface area contributed by atoms with E-state index in [2.05, 4.69) is 10.1 Å². The third-order valence-corrected chi connectivity index (χ3v) is 3.32. The molecule has 0 atom stereocenters. The highest BCUT2D eigenvalue weighted by Gasteiger charge is 2.12. The molecular formula is C13H10N2O3S. The zero-order valence-electron chi connectivity index (χ0n) is 10.0. The number of thiophene rings is 1. The highest BCUT2D eigenvalue weighted by molar-refractivity contribution is 7.08. The quantitative estimate of drug-likeness (QED) is 0.794. The second-order valence-corrected chi connectivity index (χ2v) is 4.60. The van der Waals surface area contributed by atoms with Crippen LogP contribution in [0.25, 0.3) is 22.8 Å². The predicted molar refractivity (Wildman–Crippen MR) is 71.3 cm³/mol. The maximum Gasteiger partial charge on any atom is 0.258 e. The van der Waals surface area contributed by atoms with Crippen LogP contribution < -0.4 is 4.74 Å². The third kappa shape index (κ3) is 2.17. The number of hydrogen-bond acceptors (Lipinski definition) is 6. The van der Waals surface area contributed by atoms with Gasteiger partial charge in [0.05, 0.1) is 7.11 Å². The summed E-state index contributed by atoms with van der Waals surface area (Å²) >= 11 is 1.57. The van der Waals surface area contributed by atoms with E-state index in [1.807, 2.05) is 16.8 Å². The lowest BCUT2D eigenvalue weighted by Gasteiger charge is -2.03. The molecule has 0 aliphatic heterocycles. The largest absolute Gasteiger partial charge is 0.504 e. The number of hydrogen-bond donors (Lipinski definition) is 1. The van der Waals surface area contributed by atoms with Crippen LogP contribution in [0.15, 0.2) is 39.5 Å². The molecule has 96 valence electrons. The summed E-state index contributed by atoms with van der Waals surface area (Å²) in [7, 11) is 1.49. The summed E-state index contributed by atoms with van der Waals surface area (Å²) in [6.07, 6.45) is 0. The first-order valence-electron chi connectivity index (χ1n) is 5.51. The first kappa shape index (κ1) is 11.7. The smallest absolute Gasteiger partial charge is 0.258 e.